The van der Waals surface area contributed by atoms with Crippen molar-refractivity contribution < 1.29 is 9.59 Å². The summed E-state index contributed by atoms with van der Waals surface area (Å²) in [4.78, 5) is 28.6. The van der Waals surface area contributed by atoms with E-state index in [4.69, 9.17) is 5.73 Å². The van der Waals surface area contributed by atoms with Crippen molar-refractivity contribution in [3.8, 4) is 0 Å². The van der Waals surface area contributed by atoms with Crippen LogP contribution in [0.1, 0.15) is 88.7 Å². The second kappa shape index (κ2) is 9.98. The number of nitrogens with one attached hydrogen (secondary N) is 1. The number of hydrogen-bond donors (Lipinski definition) is 2. The van der Waals surface area contributed by atoms with Gasteiger partial charge in [-0.2, -0.15) is 0 Å². The number of nitrogens with two attached hydrogens (primary N) is 1. The van der Waals surface area contributed by atoms with Crippen molar-refractivity contribution in [2.45, 2.75) is 88.6 Å². The van der Waals surface area contributed by atoms with Crippen LogP contribution in [-0.2, 0) is 4.79 Å². The molecule has 1 aromatic rings. The van der Waals surface area contributed by atoms with Crippen LogP contribution >= 0.6 is 0 Å². The van der Waals surface area contributed by atoms with E-state index in [0.717, 1.165) is 42.8 Å². The molecule has 1 heterocycles. The first-order valence-electron chi connectivity index (χ1n) is 13.6. The number of imide groups is 1. The van der Waals surface area contributed by atoms with Gasteiger partial charge in [0.05, 0.1) is 0 Å². The lowest BCUT2D eigenvalue weighted by atomic mass is 9.52. The lowest BCUT2D eigenvalue weighted by Gasteiger charge is -2.61. The molecule has 6 nitrogen and oxygen atoms in total. The minimum absolute atomic E-state index is 0.186. The Labute approximate surface area is 204 Å². The average molecular weight is 467 g/mol. The molecule has 3 N–H and O–H groups in total. The van der Waals surface area contributed by atoms with Gasteiger partial charge in [0.15, 0.2) is 0 Å². The van der Waals surface area contributed by atoms with Gasteiger partial charge in [-0.1, -0.05) is 31.4 Å². The highest BCUT2D eigenvalue weighted by Crippen LogP contribution is 2.59. The standard InChI is InChI=1S/C28H42N4O2/c1-31(28-17-20-13-21(18-28)15-22(14-20)19-28)25(9-4-2-3-5-11-29)23-7-6-8-24(16-23)32-12-10-26(33)30-27(32)34/h6-8,16,20-22,25H,2-5,9-15,17-19,29H2,1H3,(H,30,33,34). The van der Waals surface area contributed by atoms with E-state index >= 15 is 0 Å². The predicted octanol–water partition coefficient (Wildman–Crippen LogP) is 4.98. The summed E-state index contributed by atoms with van der Waals surface area (Å²) >= 11 is 0. The Balaban J connectivity index is 1.39. The van der Waals surface area contributed by atoms with Crippen LogP contribution < -0.4 is 16.0 Å². The number of amides is 3. The number of carbonyl (C=O) groups excluding carboxylic acids is 2. The lowest BCUT2D eigenvalue weighted by molar-refractivity contribution is -0.120. The fourth-order valence-corrected chi connectivity index (χ4v) is 7.96. The summed E-state index contributed by atoms with van der Waals surface area (Å²) in [7, 11) is 2.39. The van der Waals surface area contributed by atoms with E-state index in [-0.39, 0.29) is 11.9 Å². The van der Waals surface area contributed by atoms with Crippen LogP contribution in [0.15, 0.2) is 24.3 Å². The first-order chi connectivity index (χ1) is 16.5. The molecule has 1 aromatic carbocycles. The van der Waals surface area contributed by atoms with Gasteiger partial charge in [0, 0.05) is 30.2 Å². The van der Waals surface area contributed by atoms with Crippen LogP contribution in [-0.4, -0.2) is 42.5 Å². The highest BCUT2D eigenvalue weighted by molar-refractivity contribution is 6.05. The summed E-state index contributed by atoms with van der Waals surface area (Å²) in [5.74, 6) is 2.56. The van der Waals surface area contributed by atoms with Crippen LogP contribution in [0.2, 0.25) is 0 Å². The number of hydrogen-bond acceptors (Lipinski definition) is 4. The molecule has 6 rings (SSSR count). The SMILES string of the molecule is CN(C(CCCCCCN)c1cccc(N2CCC(=O)NC2=O)c1)C12CC3CC(CC(C3)C1)C2. The fourth-order valence-electron chi connectivity index (χ4n) is 7.96. The predicted molar refractivity (Wildman–Crippen MR) is 135 cm³/mol. The molecule has 4 bridgehead atoms. The minimum Gasteiger partial charge on any atom is -0.330 e. The summed E-state index contributed by atoms with van der Waals surface area (Å²) in [6.45, 7) is 1.22. The third-order valence-electron chi connectivity index (χ3n) is 9.27. The van der Waals surface area contributed by atoms with Crippen molar-refractivity contribution in [3.63, 3.8) is 0 Å². The quantitative estimate of drug-likeness (QED) is 0.477. The Bertz CT molecular complexity index is 865. The number of urea groups is 1. The molecule has 186 valence electrons. The van der Waals surface area contributed by atoms with Gasteiger partial charge in [-0.3, -0.25) is 19.9 Å². The van der Waals surface area contributed by atoms with Crippen LogP contribution in [0.3, 0.4) is 0 Å². The van der Waals surface area contributed by atoms with Gasteiger partial charge >= 0.3 is 6.03 Å². The van der Waals surface area contributed by atoms with E-state index in [2.05, 4.69) is 35.5 Å². The fraction of sp³-hybridized carbons (Fsp3) is 0.714. The molecular formula is C28H42N4O2. The molecule has 0 aromatic heterocycles. The normalized spacial score (nSPS) is 31.3. The Morgan fingerprint density at radius 2 is 1.74 bits per heavy atom. The van der Waals surface area contributed by atoms with Gasteiger partial charge in [0.2, 0.25) is 5.91 Å². The van der Waals surface area contributed by atoms with Gasteiger partial charge < -0.3 is 5.73 Å². The van der Waals surface area contributed by atoms with E-state index in [0.29, 0.717) is 24.5 Å². The van der Waals surface area contributed by atoms with Gasteiger partial charge in [-0.15, -0.1) is 0 Å². The van der Waals surface area contributed by atoms with E-state index in [1.807, 2.05) is 6.07 Å². The smallest absolute Gasteiger partial charge is 0.328 e. The van der Waals surface area contributed by atoms with Gasteiger partial charge in [-0.05, 0) is 100 Å². The molecule has 0 radical (unpaired) electrons. The molecule has 1 atom stereocenters. The molecule has 1 unspecified atom stereocenters. The first-order valence-corrected chi connectivity index (χ1v) is 13.6. The van der Waals surface area contributed by atoms with Crippen molar-refractivity contribution in [3.05, 3.63) is 29.8 Å². The van der Waals surface area contributed by atoms with Crippen molar-refractivity contribution in [1.82, 2.24) is 10.2 Å². The Hall–Kier alpha value is -1.92. The zero-order valence-electron chi connectivity index (χ0n) is 20.8. The number of nitrogens with zero attached hydrogens (tertiary/aromatic N) is 2. The molecule has 3 amide bonds. The van der Waals surface area contributed by atoms with Crippen LogP contribution in [0.4, 0.5) is 10.5 Å². The maximum absolute atomic E-state index is 12.5. The highest BCUT2D eigenvalue weighted by Gasteiger charge is 2.53. The first kappa shape index (κ1) is 23.8. The summed E-state index contributed by atoms with van der Waals surface area (Å²) < 4.78 is 0. The zero-order chi connectivity index (χ0) is 23.7. The summed E-state index contributed by atoms with van der Waals surface area (Å²) in [6, 6.07) is 8.59. The summed E-state index contributed by atoms with van der Waals surface area (Å²) in [5, 5.41) is 2.47. The van der Waals surface area contributed by atoms with Crippen LogP contribution in [0.5, 0.6) is 0 Å². The molecule has 34 heavy (non-hydrogen) atoms. The van der Waals surface area contributed by atoms with E-state index in [1.54, 1.807) is 4.90 Å². The molecule has 6 heteroatoms. The number of unbranched alkanes of at least 4 members (excludes halogenated alkanes) is 3. The van der Waals surface area contributed by atoms with Crippen molar-refractivity contribution in [1.29, 1.82) is 0 Å². The molecule has 1 aliphatic heterocycles. The molecule has 4 saturated carbocycles. The van der Waals surface area contributed by atoms with E-state index < -0.39 is 0 Å². The van der Waals surface area contributed by atoms with E-state index in [1.165, 1.54) is 63.4 Å². The Kier molecular flexibility index (Phi) is 6.99. The third kappa shape index (κ3) is 4.76. The molecular weight excluding hydrogens is 424 g/mol. The summed E-state index contributed by atoms with van der Waals surface area (Å²) in [6.07, 6.45) is 14.6. The monoisotopic (exact) mass is 466 g/mol. The molecule has 5 fully saturated rings. The molecule has 0 spiro atoms. The molecule has 1 saturated heterocycles. The Morgan fingerprint density at radius 1 is 1.06 bits per heavy atom. The van der Waals surface area contributed by atoms with Gasteiger partial charge in [0.1, 0.15) is 0 Å². The average Bonchev–Trinajstić information content (AvgIpc) is 2.80. The number of anilines is 1. The lowest BCUT2D eigenvalue weighted by Crippen LogP contribution is -2.59. The van der Waals surface area contributed by atoms with E-state index in [9.17, 15) is 9.59 Å². The third-order valence-corrected chi connectivity index (χ3v) is 9.27. The molecule has 5 aliphatic rings. The van der Waals surface area contributed by atoms with Crippen molar-refractivity contribution >= 4 is 17.6 Å². The van der Waals surface area contributed by atoms with Gasteiger partial charge in [-0.25, -0.2) is 4.79 Å². The summed E-state index contributed by atoms with van der Waals surface area (Å²) in [5.41, 5.74) is 8.26. The molecule has 4 aliphatic carbocycles. The number of rotatable bonds is 10. The maximum atomic E-state index is 12.5. The maximum Gasteiger partial charge on any atom is 0.328 e. The topological polar surface area (TPSA) is 78.7 Å². The van der Waals surface area contributed by atoms with Crippen molar-refractivity contribution in [2.24, 2.45) is 23.5 Å². The van der Waals surface area contributed by atoms with Gasteiger partial charge in [0.25, 0.3) is 0 Å². The highest BCUT2D eigenvalue weighted by atomic mass is 16.2. The van der Waals surface area contributed by atoms with Crippen LogP contribution in [0, 0.1) is 17.8 Å². The largest absolute Gasteiger partial charge is 0.330 e. The number of carbonyl (C=O) groups is 2. The van der Waals surface area contributed by atoms with Crippen molar-refractivity contribution in [2.75, 3.05) is 25.0 Å². The number of benzene rings is 1. The van der Waals surface area contributed by atoms with Crippen LogP contribution in [0.25, 0.3) is 0 Å². The minimum atomic E-state index is -0.304. The second-order valence-electron chi connectivity index (χ2n) is 11.6. The zero-order valence-corrected chi connectivity index (χ0v) is 20.8. The second-order valence-corrected chi connectivity index (χ2v) is 11.6. The Morgan fingerprint density at radius 3 is 2.38 bits per heavy atom.